The van der Waals surface area contributed by atoms with Gasteiger partial charge < -0.3 is 4.74 Å². The van der Waals surface area contributed by atoms with Crippen LogP contribution in [0.2, 0.25) is 0 Å². The minimum absolute atomic E-state index is 0.0139. The van der Waals surface area contributed by atoms with Crippen molar-refractivity contribution in [2.45, 2.75) is 13.3 Å². The molecular formula is C13H12N2O4S. The monoisotopic (exact) mass is 292 g/mol. The molecule has 0 spiro atoms. The molecule has 1 heterocycles. The topological polar surface area (TPSA) is 82.3 Å². The lowest BCUT2D eigenvalue weighted by Crippen LogP contribution is -1.96. The first kappa shape index (κ1) is 14.1. The molecule has 0 N–H and O–H groups in total. The van der Waals surface area contributed by atoms with Gasteiger partial charge in [0.1, 0.15) is 9.88 Å². The summed E-state index contributed by atoms with van der Waals surface area (Å²) in [5.74, 6) is 0.208. The van der Waals surface area contributed by atoms with Gasteiger partial charge in [0.15, 0.2) is 5.78 Å². The van der Waals surface area contributed by atoms with Crippen LogP contribution in [0.5, 0.6) is 5.88 Å². The number of Topliss-reactive ketones (excluding diaryl/α,β-unsaturated/α-hetero) is 1. The second-order valence-corrected chi connectivity index (χ2v) is 4.94. The maximum absolute atomic E-state index is 11.8. The van der Waals surface area contributed by atoms with Gasteiger partial charge in [0.05, 0.1) is 12.0 Å². The number of thiazole rings is 1. The second-order valence-electron chi connectivity index (χ2n) is 3.94. The van der Waals surface area contributed by atoms with Crippen molar-refractivity contribution < 1.29 is 14.5 Å². The molecule has 0 amide bonds. The first-order valence-electron chi connectivity index (χ1n) is 5.89. The molecule has 20 heavy (non-hydrogen) atoms. The van der Waals surface area contributed by atoms with E-state index in [2.05, 4.69) is 4.98 Å². The largest absolute Gasteiger partial charge is 0.480 e. The summed E-state index contributed by atoms with van der Waals surface area (Å²) >= 11 is 1.18. The molecule has 1 aromatic carbocycles. The highest BCUT2D eigenvalue weighted by Crippen LogP contribution is 2.34. The molecule has 1 aromatic heterocycles. The molecule has 2 rings (SSSR count). The Morgan fingerprint density at radius 3 is 2.85 bits per heavy atom. The van der Waals surface area contributed by atoms with Crippen LogP contribution in [0.25, 0.3) is 10.6 Å². The first-order valence-corrected chi connectivity index (χ1v) is 6.71. The summed E-state index contributed by atoms with van der Waals surface area (Å²) in [6.45, 7) is 1.76. The van der Waals surface area contributed by atoms with Gasteiger partial charge in [-0.1, -0.05) is 19.1 Å². The zero-order valence-corrected chi connectivity index (χ0v) is 11.8. The molecule has 0 aliphatic heterocycles. The Morgan fingerprint density at radius 2 is 2.25 bits per heavy atom. The minimum atomic E-state index is -0.466. The molecule has 7 heteroatoms. The Labute approximate surface area is 119 Å². The van der Waals surface area contributed by atoms with Crippen LogP contribution in [0, 0.1) is 10.1 Å². The fourth-order valence-electron chi connectivity index (χ4n) is 1.66. The quantitative estimate of drug-likeness (QED) is 0.479. The van der Waals surface area contributed by atoms with Gasteiger partial charge in [0.2, 0.25) is 5.88 Å². The van der Waals surface area contributed by atoms with Crippen LogP contribution in [0.4, 0.5) is 5.69 Å². The number of nitrogens with zero attached hydrogens (tertiary/aromatic N) is 2. The van der Waals surface area contributed by atoms with Crippen molar-refractivity contribution in [3.63, 3.8) is 0 Å². The normalized spacial score (nSPS) is 10.3. The highest BCUT2D eigenvalue weighted by molar-refractivity contribution is 7.17. The van der Waals surface area contributed by atoms with E-state index in [9.17, 15) is 14.9 Å². The molecule has 0 saturated heterocycles. The number of methoxy groups -OCH3 is 1. The van der Waals surface area contributed by atoms with E-state index in [4.69, 9.17) is 4.74 Å². The average molecular weight is 292 g/mol. The number of hydrogen-bond donors (Lipinski definition) is 0. The van der Waals surface area contributed by atoms with Crippen molar-refractivity contribution in [3.05, 3.63) is 39.3 Å². The number of benzene rings is 1. The van der Waals surface area contributed by atoms with Gasteiger partial charge in [-0.05, 0) is 0 Å². The summed E-state index contributed by atoms with van der Waals surface area (Å²) in [5, 5.41) is 11.3. The molecule has 0 aliphatic carbocycles. The van der Waals surface area contributed by atoms with E-state index < -0.39 is 4.92 Å². The molecule has 6 nitrogen and oxygen atoms in total. The van der Waals surface area contributed by atoms with Crippen molar-refractivity contribution >= 4 is 22.8 Å². The summed E-state index contributed by atoms with van der Waals surface area (Å²) in [5.41, 5.74) is 0.581. The number of ether oxygens (including phenoxy) is 1. The maximum atomic E-state index is 11.8. The highest BCUT2D eigenvalue weighted by Gasteiger charge is 2.19. The third-order valence-corrected chi connectivity index (χ3v) is 3.79. The summed E-state index contributed by atoms with van der Waals surface area (Å²) in [7, 11) is 1.44. The third-order valence-electron chi connectivity index (χ3n) is 2.67. The van der Waals surface area contributed by atoms with Gasteiger partial charge in [-0.25, -0.2) is 4.98 Å². The second kappa shape index (κ2) is 5.79. The van der Waals surface area contributed by atoms with Gasteiger partial charge in [0, 0.05) is 24.1 Å². The molecule has 0 radical (unpaired) electrons. The molecule has 2 aromatic rings. The number of carbonyl (C=O) groups excluding carboxylic acids is 1. The Hall–Kier alpha value is -2.28. The molecule has 0 saturated carbocycles. The third kappa shape index (κ3) is 2.67. The zero-order valence-electron chi connectivity index (χ0n) is 11.0. The SMILES string of the molecule is CCC(=O)c1sc(-c2cccc([N+](=O)[O-])c2)nc1OC. The van der Waals surface area contributed by atoms with Crippen LogP contribution in [0.1, 0.15) is 23.0 Å². The summed E-state index contributed by atoms with van der Waals surface area (Å²) in [6, 6.07) is 6.14. The minimum Gasteiger partial charge on any atom is -0.480 e. The van der Waals surface area contributed by atoms with Gasteiger partial charge in [-0.15, -0.1) is 11.3 Å². The lowest BCUT2D eigenvalue weighted by molar-refractivity contribution is -0.384. The van der Waals surface area contributed by atoms with E-state index >= 15 is 0 Å². The maximum Gasteiger partial charge on any atom is 0.270 e. The Bertz CT molecular complexity index is 666. The fraction of sp³-hybridized carbons (Fsp3) is 0.231. The average Bonchev–Trinajstić information content (AvgIpc) is 2.90. The number of nitro groups is 1. The van der Waals surface area contributed by atoms with Gasteiger partial charge in [-0.2, -0.15) is 0 Å². The Morgan fingerprint density at radius 1 is 1.50 bits per heavy atom. The summed E-state index contributed by atoms with van der Waals surface area (Å²) < 4.78 is 5.09. The van der Waals surface area contributed by atoms with E-state index in [0.717, 1.165) is 0 Å². The van der Waals surface area contributed by atoms with Gasteiger partial charge in [0.25, 0.3) is 5.69 Å². The predicted molar refractivity (Wildman–Crippen MR) is 75.4 cm³/mol. The van der Waals surface area contributed by atoms with Gasteiger partial charge >= 0.3 is 0 Å². The van der Waals surface area contributed by atoms with Crippen LogP contribution in [-0.2, 0) is 0 Å². The lowest BCUT2D eigenvalue weighted by Gasteiger charge is -1.96. The van der Waals surface area contributed by atoms with Crippen LogP contribution >= 0.6 is 11.3 Å². The molecule has 0 bridgehead atoms. The van der Waals surface area contributed by atoms with Crippen LogP contribution in [0.15, 0.2) is 24.3 Å². The summed E-state index contributed by atoms with van der Waals surface area (Å²) in [6.07, 6.45) is 0.354. The van der Waals surface area contributed by atoms with Crippen LogP contribution in [0.3, 0.4) is 0 Å². The number of nitro benzene ring substituents is 1. The van der Waals surface area contributed by atoms with E-state index in [1.165, 1.54) is 30.6 Å². The number of rotatable bonds is 5. The van der Waals surface area contributed by atoms with Crippen molar-refractivity contribution in [2.75, 3.05) is 7.11 Å². The van der Waals surface area contributed by atoms with E-state index in [1.54, 1.807) is 19.1 Å². The van der Waals surface area contributed by atoms with Crippen LogP contribution < -0.4 is 4.74 Å². The number of non-ortho nitro benzene ring substituents is 1. The number of aromatic nitrogens is 1. The molecule has 0 atom stereocenters. The Kier molecular flexibility index (Phi) is 4.09. The summed E-state index contributed by atoms with van der Waals surface area (Å²) in [4.78, 5) is 26.8. The molecular weight excluding hydrogens is 280 g/mol. The van der Waals surface area contributed by atoms with E-state index in [-0.39, 0.29) is 17.4 Å². The zero-order chi connectivity index (χ0) is 14.7. The Balaban J connectivity index is 2.48. The number of hydrogen-bond acceptors (Lipinski definition) is 6. The van der Waals surface area contributed by atoms with Crippen molar-refractivity contribution in [3.8, 4) is 16.5 Å². The standard InChI is InChI=1S/C13H12N2O4S/c1-3-10(16)11-12(19-2)14-13(20-11)8-5-4-6-9(7-8)15(17)18/h4-7H,3H2,1-2H3. The van der Waals surface area contributed by atoms with Crippen molar-refractivity contribution in [1.29, 1.82) is 0 Å². The molecule has 0 aliphatic rings. The molecule has 0 fully saturated rings. The first-order chi connectivity index (χ1) is 9.56. The number of ketones is 1. The fourth-order valence-corrected chi connectivity index (χ4v) is 2.70. The molecule has 104 valence electrons. The highest BCUT2D eigenvalue weighted by atomic mass is 32.1. The lowest BCUT2D eigenvalue weighted by atomic mass is 10.2. The van der Waals surface area contributed by atoms with E-state index in [0.29, 0.717) is 21.9 Å². The van der Waals surface area contributed by atoms with Gasteiger partial charge in [-0.3, -0.25) is 14.9 Å². The smallest absolute Gasteiger partial charge is 0.270 e. The van der Waals surface area contributed by atoms with Crippen molar-refractivity contribution in [1.82, 2.24) is 4.98 Å². The van der Waals surface area contributed by atoms with Crippen molar-refractivity contribution in [2.24, 2.45) is 0 Å². The predicted octanol–water partition coefficient (Wildman–Crippen LogP) is 3.32. The molecule has 0 unspecified atom stereocenters. The van der Waals surface area contributed by atoms with Crippen LogP contribution in [-0.4, -0.2) is 22.8 Å². The van der Waals surface area contributed by atoms with E-state index in [1.807, 2.05) is 0 Å². The number of carbonyl (C=O) groups is 1.